The first kappa shape index (κ1) is 12.4. The van der Waals surface area contributed by atoms with Crippen LogP contribution in [0.4, 0.5) is 0 Å². The van der Waals surface area contributed by atoms with E-state index in [1.165, 1.54) is 0 Å². The largest absolute Gasteiger partial charge is 0.464 e. The van der Waals surface area contributed by atoms with Gasteiger partial charge in [-0.1, -0.05) is 13.8 Å². The number of rotatable bonds is 6. The molecule has 0 aliphatic heterocycles. The van der Waals surface area contributed by atoms with Crippen LogP contribution in [0.5, 0.6) is 0 Å². The highest BCUT2D eigenvalue weighted by atomic mass is 16.5. The van der Waals surface area contributed by atoms with E-state index in [1.54, 1.807) is 7.11 Å². The van der Waals surface area contributed by atoms with Crippen LogP contribution in [0.3, 0.4) is 0 Å². The quantitative estimate of drug-likeness (QED) is 0.489. The van der Waals surface area contributed by atoms with Crippen molar-refractivity contribution in [2.24, 2.45) is 11.7 Å². The molecule has 0 aromatic heterocycles. The van der Waals surface area contributed by atoms with Crippen LogP contribution in [0.2, 0.25) is 0 Å². The summed E-state index contributed by atoms with van der Waals surface area (Å²) >= 11 is 0. The second-order valence-electron chi connectivity index (χ2n) is 3.28. The minimum absolute atomic E-state index is 0.120. The van der Waals surface area contributed by atoms with Gasteiger partial charge in [-0.25, -0.2) is 0 Å². The fourth-order valence-electron chi connectivity index (χ4n) is 0.744. The molecule has 2 N–H and O–H groups in total. The van der Waals surface area contributed by atoms with E-state index in [-0.39, 0.29) is 11.9 Å². The summed E-state index contributed by atoms with van der Waals surface area (Å²) < 4.78 is 9.73. The smallest absolute Gasteiger partial charge is 0.323 e. The van der Waals surface area contributed by atoms with Gasteiger partial charge in [0.1, 0.15) is 6.04 Å². The first-order valence-electron chi connectivity index (χ1n) is 4.50. The number of esters is 1. The Balaban J connectivity index is 3.50. The molecule has 13 heavy (non-hydrogen) atoms. The number of methoxy groups -OCH3 is 1. The topological polar surface area (TPSA) is 61.5 Å². The molecule has 0 aliphatic carbocycles. The maximum atomic E-state index is 11.2. The molecule has 0 heterocycles. The van der Waals surface area contributed by atoms with Gasteiger partial charge in [0.15, 0.2) is 0 Å². The molecule has 0 aromatic rings. The van der Waals surface area contributed by atoms with E-state index in [0.29, 0.717) is 19.6 Å². The summed E-state index contributed by atoms with van der Waals surface area (Å²) in [5.74, 6) is -0.207. The highest BCUT2D eigenvalue weighted by molar-refractivity contribution is 5.75. The third-order valence-corrected chi connectivity index (χ3v) is 1.73. The van der Waals surface area contributed by atoms with Crippen LogP contribution in [0.25, 0.3) is 0 Å². The number of hydrogen-bond donors (Lipinski definition) is 1. The van der Waals surface area contributed by atoms with Crippen molar-refractivity contribution in [3.05, 3.63) is 0 Å². The molecule has 0 saturated carbocycles. The average molecular weight is 189 g/mol. The molecule has 0 amide bonds. The van der Waals surface area contributed by atoms with Gasteiger partial charge in [0.2, 0.25) is 0 Å². The molecule has 0 fully saturated rings. The average Bonchev–Trinajstić information content (AvgIpc) is 2.10. The Labute approximate surface area is 79.4 Å². The molecule has 0 rings (SSSR count). The summed E-state index contributed by atoms with van der Waals surface area (Å²) in [5, 5.41) is 0. The lowest BCUT2D eigenvalue weighted by Gasteiger charge is -2.14. The van der Waals surface area contributed by atoms with E-state index in [2.05, 4.69) is 0 Å². The first-order valence-corrected chi connectivity index (χ1v) is 4.50. The molecule has 0 aliphatic rings. The number of carbonyl (C=O) groups excluding carboxylic acids is 1. The van der Waals surface area contributed by atoms with Crippen LogP contribution in [0.1, 0.15) is 20.3 Å². The highest BCUT2D eigenvalue weighted by Gasteiger charge is 2.18. The summed E-state index contributed by atoms with van der Waals surface area (Å²) in [7, 11) is 1.61. The Kier molecular flexibility index (Phi) is 6.54. The molecule has 0 aromatic carbocycles. The maximum absolute atomic E-state index is 11.2. The zero-order valence-electron chi connectivity index (χ0n) is 8.58. The Morgan fingerprint density at radius 1 is 1.38 bits per heavy atom. The number of hydrogen-bond acceptors (Lipinski definition) is 4. The van der Waals surface area contributed by atoms with Crippen LogP contribution >= 0.6 is 0 Å². The number of carbonyl (C=O) groups is 1. The van der Waals surface area contributed by atoms with Gasteiger partial charge in [-0.05, 0) is 5.92 Å². The lowest BCUT2D eigenvalue weighted by molar-refractivity contribution is -0.146. The van der Waals surface area contributed by atoms with E-state index in [1.807, 2.05) is 13.8 Å². The molecule has 78 valence electrons. The monoisotopic (exact) mass is 189 g/mol. The zero-order valence-corrected chi connectivity index (χ0v) is 8.58. The Morgan fingerprint density at radius 3 is 2.46 bits per heavy atom. The van der Waals surface area contributed by atoms with Gasteiger partial charge in [-0.2, -0.15) is 0 Å². The van der Waals surface area contributed by atoms with Crippen molar-refractivity contribution in [3.8, 4) is 0 Å². The number of nitrogens with two attached hydrogens (primary N) is 1. The summed E-state index contributed by atoms with van der Waals surface area (Å²) in [5.41, 5.74) is 5.57. The second-order valence-corrected chi connectivity index (χ2v) is 3.28. The van der Waals surface area contributed by atoms with Crippen molar-refractivity contribution in [1.29, 1.82) is 0 Å². The predicted octanol–water partition coefficient (Wildman–Crippen LogP) is 0.549. The van der Waals surface area contributed by atoms with Crippen LogP contribution in [0.15, 0.2) is 0 Å². The first-order chi connectivity index (χ1) is 6.09. The van der Waals surface area contributed by atoms with Gasteiger partial charge in [0, 0.05) is 20.1 Å². The lowest BCUT2D eigenvalue weighted by Crippen LogP contribution is -2.37. The maximum Gasteiger partial charge on any atom is 0.323 e. The predicted molar refractivity (Wildman–Crippen MR) is 50.3 cm³/mol. The van der Waals surface area contributed by atoms with Gasteiger partial charge in [0.05, 0.1) is 6.61 Å². The Bertz CT molecular complexity index is 148. The Morgan fingerprint density at radius 2 is 2.00 bits per heavy atom. The molecule has 0 saturated heterocycles. The van der Waals surface area contributed by atoms with E-state index < -0.39 is 6.04 Å². The molecular formula is C9H19NO3. The van der Waals surface area contributed by atoms with E-state index in [9.17, 15) is 4.79 Å². The fourth-order valence-corrected chi connectivity index (χ4v) is 0.744. The molecular weight excluding hydrogens is 170 g/mol. The SMILES string of the molecule is COCCCOC(=O)C(N)C(C)C. The molecule has 4 nitrogen and oxygen atoms in total. The zero-order chi connectivity index (χ0) is 10.3. The molecule has 0 radical (unpaired) electrons. The van der Waals surface area contributed by atoms with Gasteiger partial charge in [0.25, 0.3) is 0 Å². The number of ether oxygens (including phenoxy) is 2. The lowest BCUT2D eigenvalue weighted by atomic mass is 10.1. The van der Waals surface area contributed by atoms with Crippen molar-refractivity contribution >= 4 is 5.97 Å². The van der Waals surface area contributed by atoms with E-state index in [0.717, 1.165) is 0 Å². The molecule has 0 bridgehead atoms. The minimum atomic E-state index is -0.512. The molecule has 4 heteroatoms. The summed E-state index contributed by atoms with van der Waals surface area (Å²) in [6.45, 7) is 4.76. The fraction of sp³-hybridized carbons (Fsp3) is 0.889. The molecule has 1 unspecified atom stereocenters. The van der Waals surface area contributed by atoms with E-state index in [4.69, 9.17) is 15.2 Å². The summed E-state index contributed by atoms with van der Waals surface area (Å²) in [4.78, 5) is 11.2. The summed E-state index contributed by atoms with van der Waals surface area (Å²) in [6, 6.07) is -0.512. The third kappa shape index (κ3) is 5.60. The molecule has 0 spiro atoms. The van der Waals surface area contributed by atoms with Gasteiger partial charge >= 0.3 is 5.97 Å². The Hall–Kier alpha value is -0.610. The van der Waals surface area contributed by atoms with Crippen LogP contribution in [-0.4, -0.2) is 32.3 Å². The van der Waals surface area contributed by atoms with Crippen LogP contribution in [-0.2, 0) is 14.3 Å². The highest BCUT2D eigenvalue weighted by Crippen LogP contribution is 2.00. The summed E-state index contributed by atoms with van der Waals surface area (Å²) in [6.07, 6.45) is 0.715. The van der Waals surface area contributed by atoms with Crippen molar-refractivity contribution < 1.29 is 14.3 Å². The van der Waals surface area contributed by atoms with Gasteiger partial charge < -0.3 is 15.2 Å². The third-order valence-electron chi connectivity index (χ3n) is 1.73. The van der Waals surface area contributed by atoms with Crippen molar-refractivity contribution in [2.45, 2.75) is 26.3 Å². The second kappa shape index (κ2) is 6.86. The van der Waals surface area contributed by atoms with Crippen LogP contribution in [0, 0.1) is 5.92 Å². The standard InChI is InChI=1S/C9H19NO3/c1-7(2)8(10)9(11)13-6-4-5-12-3/h7-8H,4-6,10H2,1-3H3. The van der Waals surface area contributed by atoms with Gasteiger partial charge in [-0.3, -0.25) is 4.79 Å². The van der Waals surface area contributed by atoms with E-state index >= 15 is 0 Å². The van der Waals surface area contributed by atoms with Crippen molar-refractivity contribution in [3.63, 3.8) is 0 Å². The minimum Gasteiger partial charge on any atom is -0.464 e. The molecule has 1 atom stereocenters. The van der Waals surface area contributed by atoms with Crippen LogP contribution < -0.4 is 5.73 Å². The van der Waals surface area contributed by atoms with Crippen molar-refractivity contribution in [1.82, 2.24) is 0 Å². The van der Waals surface area contributed by atoms with Crippen molar-refractivity contribution in [2.75, 3.05) is 20.3 Å². The normalized spacial score (nSPS) is 13.0. The van der Waals surface area contributed by atoms with Gasteiger partial charge in [-0.15, -0.1) is 0 Å².